The molecule has 0 aliphatic heterocycles. The lowest BCUT2D eigenvalue weighted by Crippen LogP contribution is -2.21. The number of anilines is 2. The van der Waals surface area contributed by atoms with Crippen molar-refractivity contribution in [1.82, 2.24) is 4.98 Å². The van der Waals surface area contributed by atoms with Crippen molar-refractivity contribution in [3.05, 3.63) is 71.3 Å². The molecule has 168 valence electrons. The van der Waals surface area contributed by atoms with Gasteiger partial charge in [-0.3, -0.25) is 0 Å². The first-order valence-corrected chi connectivity index (χ1v) is 10.2. The largest absolute Gasteiger partial charge is 0.495 e. The second-order valence-corrected chi connectivity index (χ2v) is 7.53. The monoisotopic (exact) mass is 445 g/mol. The number of benzene rings is 3. The van der Waals surface area contributed by atoms with E-state index >= 15 is 0 Å². The quantitative estimate of drug-likeness (QED) is 0.391. The Morgan fingerprint density at radius 1 is 0.879 bits per heavy atom. The summed E-state index contributed by atoms with van der Waals surface area (Å²) >= 11 is 0. The third kappa shape index (κ3) is 4.64. The standard InChI is InChI=1S/C25H23N3O5/c1-14-5-8-17(24(29)32-4)18(11-14)27-25(30)28-20-13-16(7-10-21(20)31-3)23-26-19-12-15(2)6-9-22(19)33-23/h5-13H,1-4H3,(H2,27,28,30). The number of amides is 2. The Balaban J connectivity index is 1.62. The molecule has 0 bridgehead atoms. The number of hydrogen-bond acceptors (Lipinski definition) is 6. The van der Waals surface area contributed by atoms with Gasteiger partial charge in [-0.2, -0.15) is 0 Å². The van der Waals surface area contributed by atoms with Crippen molar-refractivity contribution in [2.45, 2.75) is 13.8 Å². The van der Waals surface area contributed by atoms with E-state index < -0.39 is 12.0 Å². The van der Waals surface area contributed by atoms with Gasteiger partial charge >= 0.3 is 12.0 Å². The minimum Gasteiger partial charge on any atom is -0.495 e. The number of fused-ring (bicyclic) bond motifs is 1. The second-order valence-electron chi connectivity index (χ2n) is 7.53. The van der Waals surface area contributed by atoms with Crippen LogP contribution in [0.15, 0.2) is 59.0 Å². The van der Waals surface area contributed by atoms with E-state index in [0.29, 0.717) is 34.2 Å². The lowest BCUT2D eigenvalue weighted by molar-refractivity contribution is 0.0602. The van der Waals surface area contributed by atoms with Gasteiger partial charge in [-0.05, 0) is 67.4 Å². The highest BCUT2D eigenvalue weighted by Gasteiger charge is 2.17. The molecule has 2 N–H and O–H groups in total. The summed E-state index contributed by atoms with van der Waals surface area (Å²) in [6.45, 7) is 3.85. The van der Waals surface area contributed by atoms with E-state index in [1.165, 1.54) is 14.2 Å². The van der Waals surface area contributed by atoms with E-state index in [4.69, 9.17) is 13.9 Å². The van der Waals surface area contributed by atoms with Crippen LogP contribution in [0, 0.1) is 13.8 Å². The van der Waals surface area contributed by atoms with E-state index in [1.807, 2.05) is 32.0 Å². The van der Waals surface area contributed by atoms with Crippen LogP contribution in [0.4, 0.5) is 16.2 Å². The predicted molar refractivity (Wildman–Crippen MR) is 126 cm³/mol. The average molecular weight is 445 g/mol. The molecule has 33 heavy (non-hydrogen) atoms. The molecule has 0 spiro atoms. The summed E-state index contributed by atoms with van der Waals surface area (Å²) in [6.07, 6.45) is 0. The van der Waals surface area contributed by atoms with Crippen LogP contribution >= 0.6 is 0 Å². The van der Waals surface area contributed by atoms with E-state index in [1.54, 1.807) is 36.4 Å². The smallest absolute Gasteiger partial charge is 0.339 e. The summed E-state index contributed by atoms with van der Waals surface area (Å²) in [7, 11) is 2.80. The van der Waals surface area contributed by atoms with Crippen LogP contribution in [0.3, 0.4) is 0 Å². The number of ether oxygens (including phenoxy) is 2. The molecule has 2 amide bonds. The number of urea groups is 1. The zero-order valence-electron chi connectivity index (χ0n) is 18.7. The fraction of sp³-hybridized carbons (Fsp3) is 0.160. The number of methoxy groups -OCH3 is 2. The molecular weight excluding hydrogens is 422 g/mol. The van der Waals surface area contributed by atoms with Crippen LogP contribution in [0.25, 0.3) is 22.6 Å². The summed E-state index contributed by atoms with van der Waals surface area (Å²) in [5.74, 6) is 0.336. The number of esters is 1. The van der Waals surface area contributed by atoms with Gasteiger partial charge in [0.15, 0.2) is 5.58 Å². The molecule has 0 saturated carbocycles. The van der Waals surface area contributed by atoms with Gasteiger partial charge in [-0.25, -0.2) is 14.6 Å². The maximum atomic E-state index is 12.8. The Labute approximate surface area is 190 Å². The first-order valence-electron chi connectivity index (χ1n) is 10.2. The number of aryl methyl sites for hydroxylation is 2. The molecule has 0 saturated heterocycles. The molecule has 0 fully saturated rings. The van der Waals surface area contributed by atoms with Crippen molar-refractivity contribution in [3.8, 4) is 17.2 Å². The molecule has 1 aromatic heterocycles. The van der Waals surface area contributed by atoms with Gasteiger partial charge < -0.3 is 24.5 Å². The number of carbonyl (C=O) groups excluding carboxylic acids is 2. The normalized spacial score (nSPS) is 10.7. The number of nitrogens with one attached hydrogen (secondary N) is 2. The van der Waals surface area contributed by atoms with Crippen molar-refractivity contribution in [1.29, 1.82) is 0 Å². The minimum atomic E-state index is -0.547. The molecule has 0 aliphatic rings. The highest BCUT2D eigenvalue weighted by Crippen LogP contribution is 2.32. The third-order valence-electron chi connectivity index (χ3n) is 5.07. The Bertz CT molecular complexity index is 1360. The van der Waals surface area contributed by atoms with Crippen LogP contribution in [-0.2, 0) is 4.74 Å². The van der Waals surface area contributed by atoms with Crippen LogP contribution in [0.1, 0.15) is 21.5 Å². The number of rotatable bonds is 5. The minimum absolute atomic E-state index is 0.251. The van der Waals surface area contributed by atoms with E-state index in [0.717, 1.165) is 16.6 Å². The van der Waals surface area contributed by atoms with Gasteiger partial charge in [0.1, 0.15) is 11.3 Å². The molecule has 8 heteroatoms. The number of carbonyl (C=O) groups is 2. The van der Waals surface area contributed by atoms with Crippen molar-refractivity contribution in [2.75, 3.05) is 24.9 Å². The zero-order valence-corrected chi connectivity index (χ0v) is 18.7. The van der Waals surface area contributed by atoms with Crippen molar-refractivity contribution >= 4 is 34.5 Å². The Morgan fingerprint density at radius 2 is 1.61 bits per heavy atom. The number of aromatic nitrogens is 1. The Kier molecular flexibility index (Phi) is 5.99. The highest BCUT2D eigenvalue weighted by molar-refractivity contribution is 6.05. The fourth-order valence-electron chi connectivity index (χ4n) is 3.42. The van der Waals surface area contributed by atoms with Crippen molar-refractivity contribution in [2.24, 2.45) is 0 Å². The van der Waals surface area contributed by atoms with Gasteiger partial charge in [-0.1, -0.05) is 12.1 Å². The molecular formula is C25H23N3O5. The van der Waals surface area contributed by atoms with Crippen LogP contribution in [-0.4, -0.2) is 31.2 Å². The summed E-state index contributed by atoms with van der Waals surface area (Å²) in [6, 6.07) is 15.5. The molecule has 0 atom stereocenters. The summed E-state index contributed by atoms with van der Waals surface area (Å²) < 4.78 is 16.1. The lowest BCUT2D eigenvalue weighted by Gasteiger charge is -2.14. The third-order valence-corrected chi connectivity index (χ3v) is 5.07. The van der Waals surface area contributed by atoms with Gasteiger partial charge in [0.25, 0.3) is 0 Å². The van der Waals surface area contributed by atoms with Crippen molar-refractivity contribution in [3.63, 3.8) is 0 Å². The first-order chi connectivity index (χ1) is 15.9. The average Bonchev–Trinajstić information content (AvgIpc) is 3.22. The van der Waals surface area contributed by atoms with E-state index in [2.05, 4.69) is 15.6 Å². The molecule has 0 unspecified atom stereocenters. The Morgan fingerprint density at radius 3 is 2.36 bits per heavy atom. The summed E-state index contributed by atoms with van der Waals surface area (Å²) in [5.41, 5.74) is 5.06. The number of hydrogen-bond donors (Lipinski definition) is 2. The predicted octanol–water partition coefficient (Wildman–Crippen LogP) is 5.55. The molecule has 0 radical (unpaired) electrons. The second kappa shape index (κ2) is 9.04. The molecule has 8 nitrogen and oxygen atoms in total. The maximum Gasteiger partial charge on any atom is 0.339 e. The SMILES string of the molecule is COC(=O)c1ccc(C)cc1NC(=O)Nc1cc(-c2nc3cc(C)ccc3o2)ccc1OC. The number of oxazole rings is 1. The first kappa shape index (κ1) is 21.9. The molecule has 3 aromatic carbocycles. The Hall–Kier alpha value is -4.33. The topological polar surface area (TPSA) is 103 Å². The highest BCUT2D eigenvalue weighted by atomic mass is 16.5. The molecule has 0 aliphatic carbocycles. The summed E-state index contributed by atoms with van der Waals surface area (Å²) in [4.78, 5) is 29.4. The van der Waals surface area contributed by atoms with Gasteiger partial charge in [0.05, 0.1) is 31.2 Å². The fourth-order valence-corrected chi connectivity index (χ4v) is 3.42. The molecule has 4 aromatic rings. The van der Waals surface area contributed by atoms with Gasteiger partial charge in [0, 0.05) is 5.56 Å². The summed E-state index contributed by atoms with van der Waals surface area (Å²) in [5, 5.41) is 5.48. The van der Waals surface area contributed by atoms with E-state index in [9.17, 15) is 9.59 Å². The van der Waals surface area contributed by atoms with Gasteiger partial charge in [-0.15, -0.1) is 0 Å². The molecule has 1 heterocycles. The molecule has 4 rings (SSSR count). The van der Waals surface area contributed by atoms with E-state index in [-0.39, 0.29) is 5.56 Å². The van der Waals surface area contributed by atoms with Crippen LogP contribution < -0.4 is 15.4 Å². The van der Waals surface area contributed by atoms with Gasteiger partial charge in [0.2, 0.25) is 5.89 Å². The van der Waals surface area contributed by atoms with Crippen molar-refractivity contribution < 1.29 is 23.5 Å². The van der Waals surface area contributed by atoms with Crippen LogP contribution in [0.5, 0.6) is 5.75 Å². The number of nitrogens with zero attached hydrogens (tertiary/aromatic N) is 1. The lowest BCUT2D eigenvalue weighted by atomic mass is 10.1. The maximum absolute atomic E-state index is 12.8. The van der Waals surface area contributed by atoms with Crippen LogP contribution in [0.2, 0.25) is 0 Å². The zero-order chi connectivity index (χ0) is 23.5.